The van der Waals surface area contributed by atoms with E-state index in [9.17, 15) is 4.79 Å². The fraction of sp³-hybridized carbons (Fsp3) is 0.300. The molecule has 0 unspecified atom stereocenters. The van der Waals surface area contributed by atoms with Crippen molar-refractivity contribution in [3.05, 3.63) is 59.6 Å². The van der Waals surface area contributed by atoms with Gasteiger partial charge in [-0.2, -0.15) is 4.98 Å². The average Bonchev–Trinajstić information content (AvgIpc) is 3.12. The molecule has 2 heterocycles. The van der Waals surface area contributed by atoms with E-state index < -0.39 is 0 Å². The lowest BCUT2D eigenvalue weighted by molar-refractivity contribution is -0.118. The zero-order valence-corrected chi connectivity index (χ0v) is 15.3. The van der Waals surface area contributed by atoms with Gasteiger partial charge >= 0.3 is 0 Å². The molecular weight excluding hydrogens is 328 g/mol. The van der Waals surface area contributed by atoms with E-state index in [-0.39, 0.29) is 5.91 Å². The van der Waals surface area contributed by atoms with E-state index in [1.54, 1.807) is 11.1 Å². The van der Waals surface area contributed by atoms with Crippen molar-refractivity contribution >= 4 is 11.6 Å². The van der Waals surface area contributed by atoms with E-state index in [1.807, 2.05) is 51.1 Å². The summed E-state index contributed by atoms with van der Waals surface area (Å²) >= 11 is 0. The van der Waals surface area contributed by atoms with Gasteiger partial charge in [-0.3, -0.25) is 9.78 Å². The molecule has 0 N–H and O–H groups in total. The quantitative estimate of drug-likeness (QED) is 0.677. The second-order valence-corrected chi connectivity index (χ2v) is 6.15. The number of carbonyl (C=O) groups is 1. The summed E-state index contributed by atoms with van der Waals surface area (Å²) < 4.78 is 5.26. The van der Waals surface area contributed by atoms with E-state index in [2.05, 4.69) is 21.2 Å². The van der Waals surface area contributed by atoms with Gasteiger partial charge in [-0.1, -0.05) is 28.9 Å². The van der Waals surface area contributed by atoms with E-state index in [4.69, 9.17) is 4.52 Å². The standard InChI is InChI=1S/C20H22N4O2/c1-4-24(17-9-8-14(2)13-15(17)3)19(25)11-10-18-22-20(23-26-18)16-7-5-6-12-21-16/h5-9,12-13H,4,10-11H2,1-3H3. The van der Waals surface area contributed by atoms with Crippen molar-refractivity contribution < 1.29 is 9.32 Å². The number of aromatic nitrogens is 3. The van der Waals surface area contributed by atoms with Crippen molar-refractivity contribution in [3.63, 3.8) is 0 Å². The minimum Gasteiger partial charge on any atom is -0.339 e. The number of hydrogen-bond acceptors (Lipinski definition) is 5. The van der Waals surface area contributed by atoms with Crippen LogP contribution in [0.15, 0.2) is 47.1 Å². The van der Waals surface area contributed by atoms with Crippen LogP contribution < -0.4 is 4.90 Å². The summed E-state index contributed by atoms with van der Waals surface area (Å²) in [5.41, 5.74) is 3.88. The number of amides is 1. The maximum atomic E-state index is 12.7. The monoisotopic (exact) mass is 350 g/mol. The zero-order valence-electron chi connectivity index (χ0n) is 15.3. The number of anilines is 1. The van der Waals surface area contributed by atoms with Crippen molar-refractivity contribution in [3.8, 4) is 11.5 Å². The Balaban J connectivity index is 1.67. The Morgan fingerprint density at radius 1 is 1.19 bits per heavy atom. The first-order valence-electron chi connectivity index (χ1n) is 8.70. The van der Waals surface area contributed by atoms with Gasteiger partial charge < -0.3 is 9.42 Å². The largest absolute Gasteiger partial charge is 0.339 e. The lowest BCUT2D eigenvalue weighted by Gasteiger charge is -2.23. The van der Waals surface area contributed by atoms with Gasteiger partial charge in [0.1, 0.15) is 5.69 Å². The Labute approximate surface area is 152 Å². The summed E-state index contributed by atoms with van der Waals surface area (Å²) in [6.45, 7) is 6.66. The molecule has 0 aliphatic carbocycles. The van der Waals surface area contributed by atoms with Crippen molar-refractivity contribution in [2.24, 2.45) is 0 Å². The van der Waals surface area contributed by atoms with Gasteiger partial charge in [-0.25, -0.2) is 0 Å². The van der Waals surface area contributed by atoms with Crippen LogP contribution in [-0.4, -0.2) is 27.6 Å². The molecule has 2 aromatic heterocycles. The predicted molar refractivity (Wildman–Crippen MR) is 99.8 cm³/mol. The van der Waals surface area contributed by atoms with Crippen molar-refractivity contribution in [2.45, 2.75) is 33.6 Å². The zero-order chi connectivity index (χ0) is 18.5. The van der Waals surface area contributed by atoms with Crippen LogP contribution in [0.5, 0.6) is 0 Å². The number of nitrogens with zero attached hydrogens (tertiary/aromatic N) is 4. The van der Waals surface area contributed by atoms with Crippen LogP contribution in [0.25, 0.3) is 11.5 Å². The molecule has 0 fully saturated rings. The smallest absolute Gasteiger partial charge is 0.227 e. The van der Waals surface area contributed by atoms with E-state index in [0.29, 0.717) is 36.8 Å². The number of aryl methyl sites for hydroxylation is 3. The Morgan fingerprint density at radius 3 is 2.73 bits per heavy atom. The molecule has 0 radical (unpaired) electrons. The van der Waals surface area contributed by atoms with Gasteiger partial charge in [-0.15, -0.1) is 0 Å². The molecule has 134 valence electrons. The summed E-state index contributed by atoms with van der Waals surface area (Å²) in [6.07, 6.45) is 2.39. The van der Waals surface area contributed by atoms with E-state index in [1.165, 1.54) is 5.56 Å². The van der Waals surface area contributed by atoms with Crippen LogP contribution in [0.1, 0.15) is 30.4 Å². The highest BCUT2D eigenvalue weighted by molar-refractivity contribution is 5.94. The molecule has 0 saturated carbocycles. The number of carbonyl (C=O) groups excluding carboxylic acids is 1. The van der Waals surface area contributed by atoms with Gasteiger partial charge in [0.05, 0.1) is 0 Å². The minimum absolute atomic E-state index is 0.0389. The molecule has 0 bridgehead atoms. The maximum absolute atomic E-state index is 12.7. The van der Waals surface area contributed by atoms with Crippen LogP contribution in [0.3, 0.4) is 0 Å². The molecule has 26 heavy (non-hydrogen) atoms. The molecule has 1 amide bonds. The van der Waals surface area contributed by atoms with Gasteiger partial charge in [0, 0.05) is 31.3 Å². The molecule has 6 nitrogen and oxygen atoms in total. The third-order valence-electron chi connectivity index (χ3n) is 4.18. The number of benzene rings is 1. The molecule has 3 aromatic rings. The molecular formula is C20H22N4O2. The Morgan fingerprint density at radius 2 is 2.04 bits per heavy atom. The fourth-order valence-electron chi connectivity index (χ4n) is 2.89. The number of pyridine rings is 1. The molecule has 0 atom stereocenters. The van der Waals surface area contributed by atoms with Crippen molar-refractivity contribution in [1.29, 1.82) is 0 Å². The Kier molecular flexibility index (Phi) is 5.41. The fourth-order valence-corrected chi connectivity index (χ4v) is 2.89. The summed E-state index contributed by atoms with van der Waals surface area (Å²) in [7, 11) is 0. The minimum atomic E-state index is 0.0389. The summed E-state index contributed by atoms with van der Waals surface area (Å²) in [4.78, 5) is 23.0. The van der Waals surface area contributed by atoms with E-state index in [0.717, 1.165) is 11.3 Å². The summed E-state index contributed by atoms with van der Waals surface area (Å²) in [5.74, 6) is 0.919. The first-order chi connectivity index (χ1) is 12.6. The third-order valence-corrected chi connectivity index (χ3v) is 4.18. The molecule has 1 aromatic carbocycles. The van der Waals surface area contributed by atoms with Gasteiger partial charge in [0.2, 0.25) is 17.6 Å². The summed E-state index contributed by atoms with van der Waals surface area (Å²) in [6, 6.07) is 11.6. The first kappa shape index (κ1) is 17.8. The lowest BCUT2D eigenvalue weighted by atomic mass is 10.1. The highest BCUT2D eigenvalue weighted by Crippen LogP contribution is 2.22. The van der Waals surface area contributed by atoms with Crippen LogP contribution in [0, 0.1) is 13.8 Å². The van der Waals surface area contributed by atoms with Crippen LogP contribution in [0.2, 0.25) is 0 Å². The van der Waals surface area contributed by atoms with Gasteiger partial charge in [0.25, 0.3) is 0 Å². The van der Waals surface area contributed by atoms with Crippen LogP contribution in [-0.2, 0) is 11.2 Å². The van der Waals surface area contributed by atoms with Crippen LogP contribution in [0.4, 0.5) is 5.69 Å². The highest BCUT2D eigenvalue weighted by Gasteiger charge is 2.18. The van der Waals surface area contributed by atoms with Gasteiger partial charge in [0.15, 0.2) is 0 Å². The average molecular weight is 350 g/mol. The summed E-state index contributed by atoms with van der Waals surface area (Å²) in [5, 5.41) is 3.94. The van der Waals surface area contributed by atoms with Gasteiger partial charge in [-0.05, 0) is 44.5 Å². The topological polar surface area (TPSA) is 72.1 Å². The Bertz CT molecular complexity index is 890. The lowest BCUT2D eigenvalue weighted by Crippen LogP contribution is -2.31. The second kappa shape index (κ2) is 7.91. The maximum Gasteiger partial charge on any atom is 0.227 e. The molecule has 0 saturated heterocycles. The first-order valence-corrected chi connectivity index (χ1v) is 8.70. The normalized spacial score (nSPS) is 10.7. The predicted octanol–water partition coefficient (Wildman–Crippen LogP) is 3.73. The Hall–Kier alpha value is -3.02. The number of hydrogen-bond donors (Lipinski definition) is 0. The molecule has 0 aliphatic rings. The molecule has 0 spiro atoms. The third kappa shape index (κ3) is 3.96. The second-order valence-electron chi connectivity index (χ2n) is 6.15. The van der Waals surface area contributed by atoms with Crippen molar-refractivity contribution in [1.82, 2.24) is 15.1 Å². The van der Waals surface area contributed by atoms with Crippen LogP contribution >= 0.6 is 0 Å². The van der Waals surface area contributed by atoms with Crippen molar-refractivity contribution in [2.75, 3.05) is 11.4 Å². The van der Waals surface area contributed by atoms with E-state index >= 15 is 0 Å². The molecule has 0 aliphatic heterocycles. The number of rotatable bonds is 6. The SMILES string of the molecule is CCN(C(=O)CCc1nc(-c2ccccn2)no1)c1ccc(C)cc1C. The highest BCUT2D eigenvalue weighted by atomic mass is 16.5. The molecule has 3 rings (SSSR count). The molecule has 6 heteroatoms.